The first kappa shape index (κ1) is 18.3. The lowest BCUT2D eigenvalue weighted by atomic mass is 10.0. The number of carbonyl (C=O) groups is 1. The summed E-state index contributed by atoms with van der Waals surface area (Å²) in [6.07, 6.45) is 0.774. The van der Waals surface area contributed by atoms with Gasteiger partial charge in [0.15, 0.2) is 5.82 Å². The fourth-order valence-electron chi connectivity index (χ4n) is 3.67. The molecule has 1 atom stereocenters. The van der Waals surface area contributed by atoms with Crippen molar-refractivity contribution in [2.75, 3.05) is 5.75 Å². The zero-order valence-corrected chi connectivity index (χ0v) is 17.0. The first-order valence-electron chi connectivity index (χ1n) is 9.25. The standard InChI is InChI=1S/C21H17FN4OS2/c22-14-5-3-4-13-15(8-9-29-20(13)14)24-19(27)10-26-18-7-2-1-6-16(18)25-21(26)17-11-28-12-23-17/h1-7,11-12,15H,8-10H2,(H,24,27)/t15-/m0/s1. The predicted molar refractivity (Wildman–Crippen MR) is 113 cm³/mol. The van der Waals surface area contributed by atoms with Gasteiger partial charge in [-0.05, 0) is 30.2 Å². The quantitative estimate of drug-likeness (QED) is 0.518. The summed E-state index contributed by atoms with van der Waals surface area (Å²) in [5.41, 5.74) is 5.07. The minimum atomic E-state index is -0.224. The first-order valence-corrected chi connectivity index (χ1v) is 11.2. The normalized spacial score (nSPS) is 16.0. The van der Waals surface area contributed by atoms with E-state index in [9.17, 15) is 9.18 Å². The van der Waals surface area contributed by atoms with Gasteiger partial charge in [0.25, 0.3) is 0 Å². The molecule has 0 unspecified atom stereocenters. The fraction of sp³-hybridized carbons (Fsp3) is 0.190. The summed E-state index contributed by atoms with van der Waals surface area (Å²) in [7, 11) is 0. The van der Waals surface area contributed by atoms with Gasteiger partial charge < -0.3 is 9.88 Å². The van der Waals surface area contributed by atoms with Crippen LogP contribution in [0.3, 0.4) is 0 Å². The van der Waals surface area contributed by atoms with Gasteiger partial charge >= 0.3 is 0 Å². The number of hydrogen-bond donors (Lipinski definition) is 1. The summed E-state index contributed by atoms with van der Waals surface area (Å²) >= 11 is 3.00. The van der Waals surface area contributed by atoms with Gasteiger partial charge in [-0.1, -0.05) is 24.3 Å². The predicted octanol–water partition coefficient (Wildman–Crippen LogP) is 4.65. The van der Waals surface area contributed by atoms with Crippen molar-refractivity contribution in [3.63, 3.8) is 0 Å². The fourth-order valence-corrected chi connectivity index (χ4v) is 5.35. The number of thiazole rings is 1. The van der Waals surface area contributed by atoms with E-state index in [0.717, 1.165) is 34.5 Å². The van der Waals surface area contributed by atoms with Gasteiger partial charge in [0.2, 0.25) is 5.91 Å². The summed E-state index contributed by atoms with van der Waals surface area (Å²) in [4.78, 5) is 22.6. The Morgan fingerprint density at radius 3 is 3.00 bits per heavy atom. The molecule has 0 aliphatic carbocycles. The molecule has 0 bridgehead atoms. The Morgan fingerprint density at radius 1 is 1.24 bits per heavy atom. The number of carbonyl (C=O) groups excluding carboxylic acids is 1. The number of nitrogens with one attached hydrogen (secondary N) is 1. The molecule has 0 fully saturated rings. The topological polar surface area (TPSA) is 59.8 Å². The van der Waals surface area contributed by atoms with Crippen LogP contribution in [0.4, 0.5) is 4.39 Å². The van der Waals surface area contributed by atoms with Crippen molar-refractivity contribution in [1.29, 1.82) is 0 Å². The average Bonchev–Trinajstić information content (AvgIpc) is 3.37. The average molecular weight is 425 g/mol. The van der Waals surface area contributed by atoms with E-state index < -0.39 is 0 Å². The SMILES string of the molecule is O=C(Cn1c(-c2cscn2)nc2ccccc21)N[C@H]1CCSc2c(F)cccc21. The highest BCUT2D eigenvalue weighted by Gasteiger charge is 2.25. The molecule has 1 aliphatic rings. The molecule has 0 saturated heterocycles. The molecule has 29 heavy (non-hydrogen) atoms. The van der Waals surface area contributed by atoms with Gasteiger partial charge in [-0.2, -0.15) is 0 Å². The van der Waals surface area contributed by atoms with Crippen molar-refractivity contribution in [1.82, 2.24) is 19.9 Å². The van der Waals surface area contributed by atoms with Crippen LogP contribution in [0.15, 0.2) is 58.3 Å². The number of imidazole rings is 1. The highest BCUT2D eigenvalue weighted by molar-refractivity contribution is 7.99. The van der Waals surface area contributed by atoms with Crippen LogP contribution in [0.2, 0.25) is 0 Å². The van der Waals surface area contributed by atoms with Gasteiger partial charge in [0.1, 0.15) is 18.1 Å². The number of nitrogens with zero attached hydrogens (tertiary/aromatic N) is 3. The van der Waals surface area contributed by atoms with Gasteiger partial charge in [0, 0.05) is 16.0 Å². The molecule has 2 aromatic carbocycles. The zero-order chi connectivity index (χ0) is 19.8. The third kappa shape index (κ3) is 3.42. The van der Waals surface area contributed by atoms with E-state index in [1.54, 1.807) is 11.6 Å². The van der Waals surface area contributed by atoms with Crippen LogP contribution in [-0.4, -0.2) is 26.2 Å². The minimum Gasteiger partial charge on any atom is -0.348 e. The van der Waals surface area contributed by atoms with Gasteiger partial charge in [-0.15, -0.1) is 23.1 Å². The van der Waals surface area contributed by atoms with Crippen LogP contribution in [0.1, 0.15) is 18.0 Å². The molecule has 1 amide bonds. The summed E-state index contributed by atoms with van der Waals surface area (Å²) in [6.45, 7) is 0.127. The second-order valence-electron chi connectivity index (χ2n) is 6.80. The molecule has 0 radical (unpaired) electrons. The summed E-state index contributed by atoms with van der Waals surface area (Å²) in [5.74, 6) is 1.10. The molecule has 1 N–H and O–H groups in total. The minimum absolute atomic E-state index is 0.127. The molecule has 0 saturated carbocycles. The third-order valence-electron chi connectivity index (χ3n) is 4.98. The van der Waals surface area contributed by atoms with Crippen LogP contribution in [-0.2, 0) is 11.3 Å². The number of hydrogen-bond acceptors (Lipinski definition) is 5. The lowest BCUT2D eigenvalue weighted by Gasteiger charge is -2.26. The second-order valence-corrected chi connectivity index (χ2v) is 8.62. The molecule has 1 aliphatic heterocycles. The molecule has 146 valence electrons. The maximum absolute atomic E-state index is 14.1. The van der Waals surface area contributed by atoms with E-state index in [1.165, 1.54) is 29.2 Å². The number of para-hydroxylation sites is 2. The molecule has 3 heterocycles. The van der Waals surface area contributed by atoms with Crippen LogP contribution in [0, 0.1) is 5.82 Å². The van der Waals surface area contributed by atoms with E-state index in [4.69, 9.17) is 0 Å². The van der Waals surface area contributed by atoms with E-state index in [-0.39, 0.29) is 24.3 Å². The van der Waals surface area contributed by atoms with Crippen LogP contribution in [0.5, 0.6) is 0 Å². The largest absolute Gasteiger partial charge is 0.348 e. The van der Waals surface area contributed by atoms with Crippen LogP contribution < -0.4 is 5.32 Å². The van der Waals surface area contributed by atoms with Crippen molar-refractivity contribution < 1.29 is 9.18 Å². The highest BCUT2D eigenvalue weighted by atomic mass is 32.2. The molecule has 5 nitrogen and oxygen atoms in total. The Kier molecular flexibility index (Phi) is 4.81. The Hall–Kier alpha value is -2.71. The number of amides is 1. The number of aromatic nitrogens is 3. The molecule has 4 aromatic rings. The van der Waals surface area contributed by atoms with E-state index in [1.807, 2.05) is 40.3 Å². The number of benzene rings is 2. The second kappa shape index (κ2) is 7.61. The monoisotopic (exact) mass is 424 g/mol. The number of thioether (sulfide) groups is 1. The number of fused-ring (bicyclic) bond motifs is 2. The Bertz CT molecular complexity index is 1190. The van der Waals surface area contributed by atoms with Crippen molar-refractivity contribution in [3.05, 3.63) is 64.7 Å². The summed E-state index contributed by atoms with van der Waals surface area (Å²) < 4.78 is 16.0. The van der Waals surface area contributed by atoms with Crippen molar-refractivity contribution in [2.24, 2.45) is 0 Å². The lowest BCUT2D eigenvalue weighted by molar-refractivity contribution is -0.122. The smallest absolute Gasteiger partial charge is 0.240 e. The molecule has 5 rings (SSSR count). The van der Waals surface area contributed by atoms with E-state index in [2.05, 4.69) is 15.3 Å². The zero-order valence-electron chi connectivity index (χ0n) is 15.3. The van der Waals surface area contributed by atoms with Gasteiger partial charge in [-0.25, -0.2) is 14.4 Å². The lowest BCUT2D eigenvalue weighted by Crippen LogP contribution is -2.33. The van der Waals surface area contributed by atoms with Crippen molar-refractivity contribution in [2.45, 2.75) is 23.9 Å². The van der Waals surface area contributed by atoms with Crippen molar-refractivity contribution >= 4 is 40.0 Å². The summed E-state index contributed by atoms with van der Waals surface area (Å²) in [5, 5.41) is 5.02. The molecular weight excluding hydrogens is 407 g/mol. The third-order valence-corrected chi connectivity index (χ3v) is 6.72. The summed E-state index contributed by atoms with van der Waals surface area (Å²) in [6, 6.07) is 12.6. The molecule has 8 heteroatoms. The van der Waals surface area contributed by atoms with E-state index in [0.29, 0.717) is 10.7 Å². The molecular formula is C21H17FN4OS2. The maximum Gasteiger partial charge on any atom is 0.240 e. The van der Waals surface area contributed by atoms with Gasteiger partial charge in [-0.3, -0.25) is 4.79 Å². The van der Waals surface area contributed by atoms with Gasteiger partial charge in [0.05, 0.1) is 22.6 Å². The van der Waals surface area contributed by atoms with E-state index >= 15 is 0 Å². The Balaban J connectivity index is 1.45. The molecule has 0 spiro atoms. The number of halogens is 1. The number of rotatable bonds is 4. The van der Waals surface area contributed by atoms with Crippen molar-refractivity contribution in [3.8, 4) is 11.5 Å². The Morgan fingerprint density at radius 2 is 2.14 bits per heavy atom. The first-order chi connectivity index (χ1) is 14.2. The van der Waals surface area contributed by atoms with Crippen LogP contribution in [0.25, 0.3) is 22.6 Å². The highest BCUT2D eigenvalue weighted by Crippen LogP contribution is 2.37. The Labute approximate surface area is 175 Å². The molecule has 2 aromatic heterocycles. The maximum atomic E-state index is 14.1. The van der Waals surface area contributed by atoms with Crippen LogP contribution >= 0.6 is 23.1 Å².